The van der Waals surface area contributed by atoms with Gasteiger partial charge in [-0.1, -0.05) is 6.92 Å². The van der Waals surface area contributed by atoms with Gasteiger partial charge in [-0.25, -0.2) is 13.4 Å². The molecule has 16 heavy (non-hydrogen) atoms. The molecule has 0 bridgehead atoms. The van der Waals surface area contributed by atoms with Gasteiger partial charge in [0.2, 0.25) is 10.0 Å². The Kier molecular flexibility index (Phi) is 2.86. The fourth-order valence-corrected chi connectivity index (χ4v) is 3.45. The van der Waals surface area contributed by atoms with Crippen LogP contribution in [0, 0.1) is 5.92 Å². The molecule has 0 amide bonds. The van der Waals surface area contributed by atoms with E-state index in [1.807, 2.05) is 0 Å². The molecule has 0 saturated carbocycles. The molecule has 88 valence electrons. The van der Waals surface area contributed by atoms with Crippen LogP contribution in [0.2, 0.25) is 0 Å². The molecule has 2 rings (SSSR count). The monoisotopic (exact) mass is 241 g/mol. The molecule has 5 nitrogen and oxygen atoms in total. The maximum absolute atomic E-state index is 12.2. The predicted octanol–water partition coefficient (Wildman–Crippen LogP) is 0.694. The van der Waals surface area contributed by atoms with Crippen LogP contribution in [0.3, 0.4) is 0 Å². The van der Waals surface area contributed by atoms with E-state index in [0.717, 1.165) is 6.42 Å². The van der Waals surface area contributed by atoms with E-state index in [2.05, 4.69) is 11.9 Å². The highest BCUT2D eigenvalue weighted by Gasteiger charge is 2.30. The summed E-state index contributed by atoms with van der Waals surface area (Å²) in [6.45, 7) is 3.23. The lowest BCUT2D eigenvalue weighted by Crippen LogP contribution is -2.28. The first kappa shape index (κ1) is 11.3. The predicted molar refractivity (Wildman–Crippen MR) is 61.2 cm³/mol. The number of nitrogen functional groups attached to an aromatic ring is 1. The van der Waals surface area contributed by atoms with E-state index in [1.54, 1.807) is 0 Å². The molecule has 1 saturated heterocycles. The van der Waals surface area contributed by atoms with Gasteiger partial charge in [0, 0.05) is 25.4 Å². The Hall–Kier alpha value is -1.14. The molecule has 1 aliphatic heterocycles. The van der Waals surface area contributed by atoms with Gasteiger partial charge >= 0.3 is 0 Å². The molecule has 1 atom stereocenters. The van der Waals surface area contributed by atoms with Crippen molar-refractivity contribution in [1.82, 2.24) is 9.29 Å². The SMILES string of the molecule is CC1CCN(S(=O)(=O)c2ccnc(N)c2)C1. The Labute approximate surface area is 95.3 Å². The van der Waals surface area contributed by atoms with Crippen LogP contribution in [0.4, 0.5) is 5.82 Å². The highest BCUT2D eigenvalue weighted by molar-refractivity contribution is 7.89. The van der Waals surface area contributed by atoms with Crippen molar-refractivity contribution in [1.29, 1.82) is 0 Å². The van der Waals surface area contributed by atoms with Crippen molar-refractivity contribution in [3.05, 3.63) is 18.3 Å². The maximum atomic E-state index is 12.2. The lowest BCUT2D eigenvalue weighted by Gasteiger charge is -2.15. The van der Waals surface area contributed by atoms with Gasteiger partial charge in [0.25, 0.3) is 0 Å². The molecule has 0 aliphatic carbocycles. The molecule has 2 heterocycles. The third-order valence-corrected chi connectivity index (χ3v) is 4.64. The second-order valence-electron chi connectivity index (χ2n) is 4.17. The summed E-state index contributed by atoms with van der Waals surface area (Å²) >= 11 is 0. The normalized spacial score (nSPS) is 22.4. The van der Waals surface area contributed by atoms with E-state index in [0.29, 0.717) is 19.0 Å². The average molecular weight is 241 g/mol. The number of rotatable bonds is 2. The van der Waals surface area contributed by atoms with Gasteiger partial charge in [-0.15, -0.1) is 0 Å². The summed E-state index contributed by atoms with van der Waals surface area (Å²) in [4.78, 5) is 4.02. The lowest BCUT2D eigenvalue weighted by atomic mass is 10.2. The first-order chi connectivity index (χ1) is 7.50. The Balaban J connectivity index is 2.32. The van der Waals surface area contributed by atoms with Gasteiger partial charge in [-0.05, 0) is 18.4 Å². The van der Waals surface area contributed by atoms with Gasteiger partial charge in [0.15, 0.2) is 0 Å². The van der Waals surface area contributed by atoms with Crippen molar-refractivity contribution in [3.63, 3.8) is 0 Å². The number of sulfonamides is 1. The summed E-state index contributed by atoms with van der Waals surface area (Å²) in [5, 5.41) is 0. The number of anilines is 1. The van der Waals surface area contributed by atoms with Crippen LogP contribution in [0.15, 0.2) is 23.2 Å². The van der Waals surface area contributed by atoms with Crippen molar-refractivity contribution in [2.45, 2.75) is 18.2 Å². The van der Waals surface area contributed by atoms with Gasteiger partial charge in [0.05, 0.1) is 4.90 Å². The highest BCUT2D eigenvalue weighted by Crippen LogP contribution is 2.24. The van der Waals surface area contributed by atoms with Gasteiger partial charge in [0.1, 0.15) is 5.82 Å². The van der Waals surface area contributed by atoms with Gasteiger partial charge in [-0.2, -0.15) is 4.31 Å². The topological polar surface area (TPSA) is 76.3 Å². The van der Waals surface area contributed by atoms with Crippen LogP contribution in [0.1, 0.15) is 13.3 Å². The molecule has 1 aromatic rings. The molecule has 1 aliphatic rings. The van der Waals surface area contributed by atoms with Crippen LogP contribution in [0.5, 0.6) is 0 Å². The smallest absolute Gasteiger partial charge is 0.243 e. The highest BCUT2D eigenvalue weighted by atomic mass is 32.2. The molecule has 0 spiro atoms. The standard InChI is InChI=1S/C10H15N3O2S/c1-8-3-5-13(7-8)16(14,15)9-2-4-12-10(11)6-9/h2,4,6,8H,3,5,7H2,1H3,(H2,11,12). The van der Waals surface area contributed by atoms with E-state index in [-0.39, 0.29) is 10.7 Å². The maximum Gasteiger partial charge on any atom is 0.243 e. The van der Waals surface area contributed by atoms with Gasteiger partial charge < -0.3 is 5.73 Å². The van der Waals surface area contributed by atoms with E-state index < -0.39 is 10.0 Å². The number of pyridine rings is 1. The number of aromatic nitrogens is 1. The number of nitrogens with zero attached hydrogens (tertiary/aromatic N) is 2. The molecule has 1 fully saturated rings. The van der Waals surface area contributed by atoms with Crippen LogP contribution >= 0.6 is 0 Å². The van der Waals surface area contributed by atoms with E-state index in [1.165, 1.54) is 22.6 Å². The number of hydrogen-bond acceptors (Lipinski definition) is 4. The Morgan fingerprint density at radius 3 is 2.88 bits per heavy atom. The molecule has 0 aromatic carbocycles. The summed E-state index contributed by atoms with van der Waals surface area (Å²) in [5.41, 5.74) is 5.49. The van der Waals surface area contributed by atoms with Crippen LogP contribution < -0.4 is 5.73 Å². The first-order valence-corrected chi connectivity index (χ1v) is 6.66. The van der Waals surface area contributed by atoms with Crippen molar-refractivity contribution in [2.75, 3.05) is 18.8 Å². The minimum Gasteiger partial charge on any atom is -0.384 e. The molecular weight excluding hydrogens is 226 g/mol. The van der Waals surface area contributed by atoms with Crippen molar-refractivity contribution >= 4 is 15.8 Å². The Bertz CT molecular complexity index is 487. The zero-order chi connectivity index (χ0) is 11.8. The third-order valence-electron chi connectivity index (χ3n) is 2.78. The second-order valence-corrected chi connectivity index (χ2v) is 6.11. The molecule has 1 aromatic heterocycles. The molecule has 1 unspecified atom stereocenters. The summed E-state index contributed by atoms with van der Waals surface area (Å²) in [6, 6.07) is 2.88. The summed E-state index contributed by atoms with van der Waals surface area (Å²) < 4.78 is 25.9. The average Bonchev–Trinajstić information content (AvgIpc) is 2.65. The first-order valence-electron chi connectivity index (χ1n) is 5.22. The largest absolute Gasteiger partial charge is 0.384 e. The van der Waals surface area contributed by atoms with Gasteiger partial charge in [-0.3, -0.25) is 0 Å². The number of hydrogen-bond donors (Lipinski definition) is 1. The van der Waals surface area contributed by atoms with E-state index >= 15 is 0 Å². The lowest BCUT2D eigenvalue weighted by molar-refractivity contribution is 0.464. The van der Waals surface area contributed by atoms with Crippen LogP contribution in [0.25, 0.3) is 0 Å². The molecule has 2 N–H and O–H groups in total. The summed E-state index contributed by atoms with van der Waals surface area (Å²) in [5.74, 6) is 0.655. The minimum atomic E-state index is -3.38. The van der Waals surface area contributed by atoms with Crippen LogP contribution in [-0.4, -0.2) is 30.8 Å². The third kappa shape index (κ3) is 2.03. The summed E-state index contributed by atoms with van der Waals surface area (Å²) in [6.07, 6.45) is 2.33. The quantitative estimate of drug-likeness (QED) is 0.826. The second kappa shape index (κ2) is 4.03. The molecule has 0 radical (unpaired) electrons. The summed E-state index contributed by atoms with van der Waals surface area (Å²) in [7, 11) is -3.38. The van der Waals surface area contributed by atoms with Crippen molar-refractivity contribution in [3.8, 4) is 0 Å². The Morgan fingerprint density at radius 2 is 2.31 bits per heavy atom. The van der Waals surface area contributed by atoms with Crippen molar-refractivity contribution < 1.29 is 8.42 Å². The molecule has 6 heteroatoms. The fourth-order valence-electron chi connectivity index (χ4n) is 1.85. The van der Waals surface area contributed by atoms with E-state index in [9.17, 15) is 8.42 Å². The van der Waals surface area contributed by atoms with E-state index in [4.69, 9.17) is 5.73 Å². The van der Waals surface area contributed by atoms with Crippen molar-refractivity contribution in [2.24, 2.45) is 5.92 Å². The minimum absolute atomic E-state index is 0.230. The Morgan fingerprint density at radius 1 is 1.56 bits per heavy atom. The fraction of sp³-hybridized carbons (Fsp3) is 0.500. The zero-order valence-corrected chi connectivity index (χ0v) is 9.94. The number of nitrogens with two attached hydrogens (primary N) is 1. The zero-order valence-electron chi connectivity index (χ0n) is 9.13. The molecular formula is C10H15N3O2S. The van der Waals surface area contributed by atoms with Crippen LogP contribution in [-0.2, 0) is 10.0 Å².